The highest BCUT2D eigenvalue weighted by molar-refractivity contribution is 5.90. The highest BCUT2D eigenvalue weighted by Crippen LogP contribution is 2.33. The van der Waals surface area contributed by atoms with Gasteiger partial charge in [0.25, 0.3) is 0 Å². The lowest BCUT2D eigenvalue weighted by Gasteiger charge is -2.36. The number of piperidine rings is 1. The summed E-state index contributed by atoms with van der Waals surface area (Å²) in [6.07, 6.45) is -3.35. The fourth-order valence-electron chi connectivity index (χ4n) is 3.41. The van der Waals surface area contributed by atoms with E-state index in [1.54, 1.807) is 12.1 Å². The van der Waals surface area contributed by atoms with Gasteiger partial charge in [-0.3, -0.25) is 10.2 Å². The number of rotatable bonds is 4. The predicted octanol–water partition coefficient (Wildman–Crippen LogP) is 1.74. The van der Waals surface area contributed by atoms with Crippen LogP contribution in [0.3, 0.4) is 0 Å². The maximum absolute atomic E-state index is 13.0. The Hall–Kier alpha value is -1.64. The molecule has 3 N–H and O–H groups in total. The Balaban J connectivity index is 1.49. The van der Waals surface area contributed by atoms with Crippen LogP contribution in [0.2, 0.25) is 0 Å². The van der Waals surface area contributed by atoms with E-state index in [1.165, 1.54) is 0 Å². The second-order valence-corrected chi connectivity index (χ2v) is 6.33. The number of para-hydroxylation sites is 1. The molecule has 1 amide bonds. The Labute approximate surface area is 138 Å². The van der Waals surface area contributed by atoms with Gasteiger partial charge < -0.3 is 10.2 Å². The maximum atomic E-state index is 13.0. The lowest BCUT2D eigenvalue weighted by atomic mass is 9.88. The van der Waals surface area contributed by atoms with Gasteiger partial charge in [-0.25, -0.2) is 5.43 Å². The Bertz CT molecular complexity index is 566. The van der Waals surface area contributed by atoms with Gasteiger partial charge in [-0.05, 0) is 25.1 Å². The monoisotopic (exact) mass is 342 g/mol. The molecule has 0 aromatic heterocycles. The number of fused-ring (bicyclic) bond motifs is 1. The van der Waals surface area contributed by atoms with Crippen molar-refractivity contribution < 1.29 is 18.0 Å². The molecule has 1 aromatic carbocycles. The third-order valence-corrected chi connectivity index (χ3v) is 4.66. The molecule has 132 valence electrons. The first-order valence-corrected chi connectivity index (χ1v) is 8.08. The van der Waals surface area contributed by atoms with Crippen LogP contribution in [0, 0.1) is 5.92 Å². The standard InChI is InChI=1S/C16H21F3N4O/c17-16(18,19)15-12-10-23(8-6-13(12)21-22-15)9-7-14(24)20-11-4-2-1-3-5-11/h1-5,12-13,15,21-22H,6-10H2,(H,20,24). The average Bonchev–Trinajstić information content (AvgIpc) is 2.97. The number of benzene rings is 1. The van der Waals surface area contributed by atoms with Gasteiger partial charge in [-0.15, -0.1) is 0 Å². The third-order valence-electron chi connectivity index (χ3n) is 4.66. The first-order chi connectivity index (χ1) is 11.4. The van der Waals surface area contributed by atoms with Crippen LogP contribution in [-0.2, 0) is 4.79 Å². The number of alkyl halides is 3. The quantitative estimate of drug-likeness (QED) is 0.780. The maximum Gasteiger partial charge on any atom is 0.405 e. The number of anilines is 1. The SMILES string of the molecule is O=C(CCN1CCC2NNC(C(F)(F)F)C2C1)Nc1ccccc1. The molecule has 3 rings (SSSR count). The third kappa shape index (κ3) is 4.06. The van der Waals surface area contributed by atoms with E-state index >= 15 is 0 Å². The number of nitrogens with zero attached hydrogens (tertiary/aromatic N) is 1. The number of hydrogen-bond acceptors (Lipinski definition) is 4. The van der Waals surface area contributed by atoms with E-state index in [9.17, 15) is 18.0 Å². The van der Waals surface area contributed by atoms with Gasteiger partial charge in [0.05, 0.1) is 0 Å². The second-order valence-electron chi connectivity index (χ2n) is 6.33. The largest absolute Gasteiger partial charge is 0.405 e. The molecule has 5 nitrogen and oxygen atoms in total. The van der Waals surface area contributed by atoms with E-state index in [0.29, 0.717) is 26.1 Å². The highest BCUT2D eigenvalue weighted by Gasteiger charge is 2.52. The first kappa shape index (κ1) is 17.2. The number of nitrogens with one attached hydrogen (secondary N) is 3. The summed E-state index contributed by atoms with van der Waals surface area (Å²) < 4.78 is 39.1. The fourth-order valence-corrected chi connectivity index (χ4v) is 3.41. The van der Waals surface area contributed by atoms with Crippen molar-refractivity contribution in [1.82, 2.24) is 15.8 Å². The molecule has 2 heterocycles. The molecule has 2 fully saturated rings. The molecule has 2 aliphatic heterocycles. The van der Waals surface area contributed by atoms with E-state index in [-0.39, 0.29) is 18.4 Å². The number of hydrogen-bond donors (Lipinski definition) is 3. The number of likely N-dealkylation sites (tertiary alicyclic amines) is 1. The van der Waals surface area contributed by atoms with Gasteiger partial charge >= 0.3 is 6.18 Å². The Morgan fingerprint density at radius 1 is 1.25 bits per heavy atom. The zero-order chi connectivity index (χ0) is 17.2. The van der Waals surface area contributed by atoms with Crippen molar-refractivity contribution in [2.75, 3.05) is 25.0 Å². The van der Waals surface area contributed by atoms with E-state index in [2.05, 4.69) is 16.2 Å². The van der Waals surface area contributed by atoms with Crippen molar-refractivity contribution in [3.63, 3.8) is 0 Å². The van der Waals surface area contributed by atoms with Crippen LogP contribution < -0.4 is 16.2 Å². The lowest BCUT2D eigenvalue weighted by Crippen LogP contribution is -2.50. The zero-order valence-electron chi connectivity index (χ0n) is 13.1. The number of carbonyl (C=O) groups is 1. The number of carbonyl (C=O) groups excluding carboxylic acids is 1. The Morgan fingerprint density at radius 3 is 2.71 bits per heavy atom. The van der Waals surface area contributed by atoms with Crippen LogP contribution >= 0.6 is 0 Å². The fraction of sp³-hybridized carbons (Fsp3) is 0.562. The van der Waals surface area contributed by atoms with Crippen LogP contribution in [0.1, 0.15) is 12.8 Å². The average molecular weight is 342 g/mol. The second kappa shape index (κ2) is 7.08. The van der Waals surface area contributed by atoms with Gasteiger partial charge in [0.15, 0.2) is 0 Å². The number of amides is 1. The summed E-state index contributed by atoms with van der Waals surface area (Å²) in [6.45, 7) is 1.50. The number of halogens is 3. The molecule has 2 aliphatic rings. The molecule has 0 saturated carbocycles. The topological polar surface area (TPSA) is 56.4 Å². The molecule has 0 spiro atoms. The van der Waals surface area contributed by atoms with Gasteiger partial charge in [0, 0.05) is 37.2 Å². The molecule has 1 aromatic rings. The molecule has 24 heavy (non-hydrogen) atoms. The molecule has 3 unspecified atom stereocenters. The van der Waals surface area contributed by atoms with Gasteiger partial charge in [-0.2, -0.15) is 13.2 Å². The summed E-state index contributed by atoms with van der Waals surface area (Å²) in [4.78, 5) is 13.9. The molecule has 0 radical (unpaired) electrons. The summed E-state index contributed by atoms with van der Waals surface area (Å²) in [5.41, 5.74) is 5.86. The van der Waals surface area contributed by atoms with Gasteiger partial charge in [0.2, 0.25) is 5.91 Å². The smallest absolute Gasteiger partial charge is 0.326 e. The van der Waals surface area contributed by atoms with Crippen molar-refractivity contribution in [2.24, 2.45) is 5.92 Å². The lowest BCUT2D eigenvalue weighted by molar-refractivity contribution is -0.164. The Morgan fingerprint density at radius 2 is 2.00 bits per heavy atom. The minimum atomic E-state index is -4.26. The van der Waals surface area contributed by atoms with Gasteiger partial charge in [0.1, 0.15) is 6.04 Å². The zero-order valence-corrected chi connectivity index (χ0v) is 13.1. The molecular weight excluding hydrogens is 321 g/mol. The van der Waals surface area contributed by atoms with Crippen LogP contribution in [0.4, 0.5) is 18.9 Å². The van der Waals surface area contributed by atoms with E-state index < -0.39 is 18.1 Å². The minimum absolute atomic E-state index is 0.127. The van der Waals surface area contributed by atoms with E-state index in [4.69, 9.17) is 0 Å². The number of hydrazine groups is 1. The van der Waals surface area contributed by atoms with Crippen molar-refractivity contribution in [3.8, 4) is 0 Å². The molecular formula is C16H21F3N4O. The summed E-state index contributed by atoms with van der Waals surface area (Å²) >= 11 is 0. The summed E-state index contributed by atoms with van der Waals surface area (Å²) in [5.74, 6) is -0.644. The minimum Gasteiger partial charge on any atom is -0.326 e. The van der Waals surface area contributed by atoms with Crippen molar-refractivity contribution in [1.29, 1.82) is 0 Å². The van der Waals surface area contributed by atoms with Crippen LogP contribution in [-0.4, -0.2) is 48.7 Å². The van der Waals surface area contributed by atoms with Crippen molar-refractivity contribution in [2.45, 2.75) is 31.1 Å². The molecule has 8 heteroatoms. The molecule has 0 aliphatic carbocycles. The molecule has 2 saturated heterocycles. The van der Waals surface area contributed by atoms with Crippen LogP contribution in [0.5, 0.6) is 0 Å². The van der Waals surface area contributed by atoms with E-state index in [0.717, 1.165) is 5.69 Å². The summed E-state index contributed by atoms with van der Waals surface area (Å²) in [6, 6.07) is 7.44. The summed E-state index contributed by atoms with van der Waals surface area (Å²) in [7, 11) is 0. The predicted molar refractivity (Wildman–Crippen MR) is 84.1 cm³/mol. The normalized spacial score (nSPS) is 27.7. The molecule has 0 bridgehead atoms. The van der Waals surface area contributed by atoms with Gasteiger partial charge in [-0.1, -0.05) is 18.2 Å². The first-order valence-electron chi connectivity index (χ1n) is 8.08. The van der Waals surface area contributed by atoms with Crippen molar-refractivity contribution in [3.05, 3.63) is 30.3 Å². The van der Waals surface area contributed by atoms with Crippen LogP contribution in [0.15, 0.2) is 30.3 Å². The molecule has 3 atom stereocenters. The summed E-state index contributed by atoms with van der Waals surface area (Å²) in [5, 5.41) is 2.79. The Kier molecular flexibility index (Phi) is 5.07. The highest BCUT2D eigenvalue weighted by atomic mass is 19.4. The van der Waals surface area contributed by atoms with Crippen LogP contribution in [0.25, 0.3) is 0 Å². The van der Waals surface area contributed by atoms with E-state index in [1.807, 2.05) is 23.1 Å². The van der Waals surface area contributed by atoms with Crippen molar-refractivity contribution >= 4 is 11.6 Å².